The summed E-state index contributed by atoms with van der Waals surface area (Å²) in [6.07, 6.45) is 1.23. The smallest absolute Gasteiger partial charge is 0.131 e. The van der Waals surface area contributed by atoms with Crippen molar-refractivity contribution in [1.82, 2.24) is 15.4 Å². The minimum Gasteiger partial charge on any atom is -0.306 e. The molecular formula is C17H12N4. The van der Waals surface area contributed by atoms with Gasteiger partial charge in [0.05, 0.1) is 0 Å². The van der Waals surface area contributed by atoms with Crippen LogP contribution in [0.4, 0.5) is 0 Å². The third-order valence-corrected chi connectivity index (χ3v) is 3.72. The van der Waals surface area contributed by atoms with Crippen molar-refractivity contribution < 1.29 is 0 Å². The summed E-state index contributed by atoms with van der Waals surface area (Å²) in [6, 6.07) is 18.6. The van der Waals surface area contributed by atoms with Gasteiger partial charge in [-0.05, 0) is 27.6 Å². The van der Waals surface area contributed by atoms with Gasteiger partial charge in [-0.15, -0.1) is 0 Å². The molecule has 0 aliphatic heterocycles. The van der Waals surface area contributed by atoms with Crippen LogP contribution >= 0.6 is 0 Å². The van der Waals surface area contributed by atoms with E-state index in [1.807, 2.05) is 24.3 Å². The maximum absolute atomic E-state index is 7.52. The first-order valence-corrected chi connectivity index (χ1v) is 6.70. The van der Waals surface area contributed by atoms with Crippen LogP contribution in [0.3, 0.4) is 0 Å². The third kappa shape index (κ3) is 1.73. The van der Waals surface area contributed by atoms with Crippen LogP contribution in [0.1, 0.15) is 5.69 Å². The number of rotatable bonds is 2. The van der Waals surface area contributed by atoms with Gasteiger partial charge in [0.25, 0.3) is 0 Å². The van der Waals surface area contributed by atoms with Crippen molar-refractivity contribution in [3.8, 4) is 11.3 Å². The molecule has 0 spiro atoms. The normalized spacial score (nSPS) is 11.0. The van der Waals surface area contributed by atoms with Crippen LogP contribution in [-0.4, -0.2) is 21.6 Å². The highest BCUT2D eigenvalue weighted by atomic mass is 15.3. The zero-order valence-electron chi connectivity index (χ0n) is 11.2. The predicted molar refractivity (Wildman–Crippen MR) is 84.7 cm³/mol. The largest absolute Gasteiger partial charge is 0.306 e. The van der Waals surface area contributed by atoms with Crippen molar-refractivity contribution in [2.24, 2.45) is 0 Å². The van der Waals surface area contributed by atoms with Crippen LogP contribution in [0, 0.1) is 5.41 Å². The molecule has 4 nitrogen and oxygen atoms in total. The highest BCUT2D eigenvalue weighted by Gasteiger charge is 2.15. The van der Waals surface area contributed by atoms with Crippen LogP contribution in [-0.2, 0) is 0 Å². The maximum atomic E-state index is 7.52. The van der Waals surface area contributed by atoms with E-state index in [0.717, 1.165) is 32.8 Å². The molecule has 0 fully saturated rings. The second kappa shape index (κ2) is 4.52. The second-order valence-electron chi connectivity index (χ2n) is 4.90. The molecule has 1 heterocycles. The zero-order valence-corrected chi connectivity index (χ0v) is 11.2. The third-order valence-electron chi connectivity index (χ3n) is 3.72. The summed E-state index contributed by atoms with van der Waals surface area (Å²) >= 11 is 0. The molecular weight excluding hydrogens is 260 g/mol. The summed E-state index contributed by atoms with van der Waals surface area (Å²) in [5.74, 6) is 0. The lowest BCUT2D eigenvalue weighted by Gasteiger charge is -2.09. The van der Waals surface area contributed by atoms with Gasteiger partial charge in [0, 0.05) is 11.8 Å². The van der Waals surface area contributed by atoms with Crippen LogP contribution in [0.15, 0.2) is 54.6 Å². The Labute approximate surface area is 120 Å². The van der Waals surface area contributed by atoms with Gasteiger partial charge in [-0.1, -0.05) is 48.5 Å². The molecule has 0 aliphatic rings. The minimum atomic E-state index is 0.552. The molecule has 0 radical (unpaired) electrons. The van der Waals surface area contributed by atoms with Gasteiger partial charge in [0.15, 0.2) is 0 Å². The van der Waals surface area contributed by atoms with E-state index >= 15 is 0 Å². The fourth-order valence-corrected chi connectivity index (χ4v) is 2.79. The molecule has 0 bridgehead atoms. The Kier molecular flexibility index (Phi) is 2.54. The average Bonchev–Trinajstić information content (AvgIpc) is 3.00. The molecule has 0 unspecified atom stereocenters. The van der Waals surface area contributed by atoms with E-state index in [-0.39, 0.29) is 0 Å². The molecule has 4 heteroatoms. The van der Waals surface area contributed by atoms with Crippen molar-refractivity contribution in [3.05, 3.63) is 60.3 Å². The molecule has 0 saturated heterocycles. The van der Waals surface area contributed by atoms with Gasteiger partial charge >= 0.3 is 0 Å². The van der Waals surface area contributed by atoms with Gasteiger partial charge in [-0.2, -0.15) is 15.4 Å². The van der Waals surface area contributed by atoms with Crippen LogP contribution in [0.5, 0.6) is 0 Å². The van der Waals surface area contributed by atoms with Crippen molar-refractivity contribution in [1.29, 1.82) is 5.41 Å². The molecule has 0 atom stereocenters. The SMILES string of the molecule is N=Cc1n[nH]nc1-c1c2ccccc2cc2ccccc12. The van der Waals surface area contributed by atoms with Gasteiger partial charge in [-0.3, -0.25) is 0 Å². The summed E-state index contributed by atoms with van der Waals surface area (Å²) in [5, 5.41) is 23.0. The Hall–Kier alpha value is -3.01. The number of H-pyrrole nitrogens is 1. The standard InChI is InChI=1S/C17H12N4/c18-10-15-17(20-21-19-15)16-13-7-3-1-5-11(13)9-12-6-2-4-8-14(12)16/h1-10,18H,(H,19,20,21). The number of fused-ring (bicyclic) bond motifs is 2. The number of nitrogens with one attached hydrogen (secondary N) is 2. The summed E-state index contributed by atoms with van der Waals surface area (Å²) in [5.41, 5.74) is 2.30. The minimum absolute atomic E-state index is 0.552. The van der Waals surface area contributed by atoms with E-state index in [4.69, 9.17) is 5.41 Å². The lowest BCUT2D eigenvalue weighted by atomic mass is 9.94. The Morgan fingerprint density at radius 1 is 0.857 bits per heavy atom. The molecule has 100 valence electrons. The number of nitrogens with zero attached hydrogens (tertiary/aromatic N) is 2. The molecule has 0 aliphatic carbocycles. The van der Waals surface area contributed by atoms with Gasteiger partial charge in [0.1, 0.15) is 11.4 Å². The van der Waals surface area contributed by atoms with Crippen molar-refractivity contribution >= 4 is 27.8 Å². The molecule has 21 heavy (non-hydrogen) atoms. The lowest BCUT2D eigenvalue weighted by molar-refractivity contribution is 0.940. The first-order valence-electron chi connectivity index (χ1n) is 6.70. The molecule has 0 saturated carbocycles. The molecule has 4 rings (SSSR count). The van der Waals surface area contributed by atoms with Gasteiger partial charge in [0.2, 0.25) is 0 Å². The fraction of sp³-hybridized carbons (Fsp3) is 0. The Bertz CT molecular complexity index is 915. The van der Waals surface area contributed by atoms with Crippen LogP contribution in [0.2, 0.25) is 0 Å². The van der Waals surface area contributed by atoms with Crippen LogP contribution < -0.4 is 0 Å². The molecule has 3 aromatic carbocycles. The Morgan fingerprint density at radius 2 is 1.48 bits per heavy atom. The number of hydrogen-bond donors (Lipinski definition) is 2. The summed E-state index contributed by atoms with van der Waals surface area (Å²) < 4.78 is 0. The second-order valence-corrected chi connectivity index (χ2v) is 4.90. The summed E-state index contributed by atoms with van der Waals surface area (Å²) in [4.78, 5) is 0. The van der Waals surface area contributed by atoms with E-state index in [1.165, 1.54) is 6.21 Å². The molecule has 0 amide bonds. The number of benzene rings is 3. The Balaban J connectivity index is 2.24. The topological polar surface area (TPSA) is 65.4 Å². The average molecular weight is 272 g/mol. The number of aromatic nitrogens is 3. The van der Waals surface area contributed by atoms with E-state index in [2.05, 4.69) is 45.7 Å². The number of aromatic amines is 1. The fourth-order valence-electron chi connectivity index (χ4n) is 2.79. The van der Waals surface area contributed by atoms with Gasteiger partial charge in [-0.25, -0.2) is 0 Å². The molecule has 2 N–H and O–H groups in total. The van der Waals surface area contributed by atoms with Gasteiger partial charge < -0.3 is 5.41 Å². The zero-order chi connectivity index (χ0) is 14.2. The lowest BCUT2D eigenvalue weighted by Crippen LogP contribution is -1.90. The Morgan fingerprint density at radius 3 is 2.10 bits per heavy atom. The predicted octanol–water partition coefficient (Wildman–Crippen LogP) is 3.78. The van der Waals surface area contributed by atoms with Crippen molar-refractivity contribution in [2.45, 2.75) is 0 Å². The summed E-state index contributed by atoms with van der Waals surface area (Å²) in [7, 11) is 0. The van der Waals surface area contributed by atoms with Crippen LogP contribution in [0.25, 0.3) is 32.8 Å². The highest BCUT2D eigenvalue weighted by molar-refractivity contribution is 6.13. The maximum Gasteiger partial charge on any atom is 0.131 e. The van der Waals surface area contributed by atoms with E-state index in [9.17, 15) is 0 Å². The van der Waals surface area contributed by atoms with E-state index in [0.29, 0.717) is 5.69 Å². The highest BCUT2D eigenvalue weighted by Crippen LogP contribution is 2.35. The van der Waals surface area contributed by atoms with E-state index in [1.54, 1.807) is 0 Å². The quantitative estimate of drug-likeness (QED) is 0.431. The first kappa shape index (κ1) is 11.8. The monoisotopic (exact) mass is 272 g/mol. The first-order chi connectivity index (χ1) is 10.4. The molecule has 1 aromatic heterocycles. The molecule has 4 aromatic rings. The van der Waals surface area contributed by atoms with Crippen molar-refractivity contribution in [2.75, 3.05) is 0 Å². The number of hydrogen-bond acceptors (Lipinski definition) is 3. The summed E-state index contributed by atoms with van der Waals surface area (Å²) in [6.45, 7) is 0. The van der Waals surface area contributed by atoms with E-state index < -0.39 is 0 Å². The van der Waals surface area contributed by atoms with Crippen molar-refractivity contribution in [3.63, 3.8) is 0 Å².